The van der Waals surface area contributed by atoms with Crippen molar-refractivity contribution in [2.75, 3.05) is 7.05 Å². The van der Waals surface area contributed by atoms with E-state index in [0.717, 1.165) is 23.4 Å². The lowest BCUT2D eigenvalue weighted by molar-refractivity contribution is 0.387. The van der Waals surface area contributed by atoms with Gasteiger partial charge in [-0.2, -0.15) is 0 Å². The maximum absolute atomic E-state index is 13.9. The Balaban J connectivity index is 1.92. The van der Waals surface area contributed by atoms with Crippen LogP contribution in [0.15, 0.2) is 24.3 Å². The fraction of sp³-hybridized carbons (Fsp3) is 0.438. The van der Waals surface area contributed by atoms with Crippen LogP contribution in [-0.4, -0.2) is 12.0 Å². The molecule has 1 heterocycles. The third kappa shape index (κ3) is 2.38. The summed E-state index contributed by atoms with van der Waals surface area (Å²) >= 11 is 1.78. The van der Waals surface area contributed by atoms with Crippen LogP contribution in [0.1, 0.15) is 34.5 Å². The van der Waals surface area contributed by atoms with Crippen LogP contribution in [0, 0.1) is 5.82 Å². The van der Waals surface area contributed by atoms with Gasteiger partial charge in [0, 0.05) is 4.88 Å². The Morgan fingerprint density at radius 3 is 2.85 bits per heavy atom. The fourth-order valence-corrected chi connectivity index (χ4v) is 4.02. The van der Waals surface area contributed by atoms with Gasteiger partial charge in [0.15, 0.2) is 0 Å². The first kappa shape index (κ1) is 13.7. The third-order valence-electron chi connectivity index (χ3n) is 4.12. The van der Waals surface area contributed by atoms with Crippen LogP contribution in [0.25, 0.3) is 0 Å². The Morgan fingerprint density at radius 1 is 1.35 bits per heavy atom. The molecule has 4 heteroatoms. The summed E-state index contributed by atoms with van der Waals surface area (Å²) in [5, 5.41) is 4.42. The van der Waals surface area contributed by atoms with Gasteiger partial charge in [0.05, 0.1) is 11.2 Å². The highest BCUT2D eigenvalue weighted by atomic mass is 32.1. The lowest BCUT2D eigenvalue weighted by atomic mass is 9.93. The van der Waals surface area contributed by atoms with Gasteiger partial charge in [-0.25, -0.2) is 9.37 Å². The van der Waals surface area contributed by atoms with Crippen molar-refractivity contribution in [1.82, 2.24) is 10.3 Å². The van der Waals surface area contributed by atoms with E-state index in [1.165, 1.54) is 23.1 Å². The van der Waals surface area contributed by atoms with Crippen molar-refractivity contribution >= 4 is 11.3 Å². The Kier molecular flexibility index (Phi) is 3.61. The molecule has 20 heavy (non-hydrogen) atoms. The molecule has 0 spiro atoms. The van der Waals surface area contributed by atoms with E-state index in [-0.39, 0.29) is 11.4 Å². The zero-order chi connectivity index (χ0) is 14.2. The van der Waals surface area contributed by atoms with Crippen LogP contribution in [-0.2, 0) is 24.8 Å². The van der Waals surface area contributed by atoms with E-state index in [2.05, 4.69) is 12.2 Å². The van der Waals surface area contributed by atoms with Crippen molar-refractivity contribution < 1.29 is 4.39 Å². The molecule has 0 amide bonds. The SMILES string of the molecule is CNC(C)(Cc1ccccc1F)c1nc2c(s1)CCC2. The van der Waals surface area contributed by atoms with E-state index in [9.17, 15) is 4.39 Å². The molecule has 2 nitrogen and oxygen atoms in total. The molecule has 2 aromatic rings. The molecule has 1 unspecified atom stereocenters. The zero-order valence-electron chi connectivity index (χ0n) is 11.9. The molecule has 1 aliphatic rings. The highest BCUT2D eigenvalue weighted by Gasteiger charge is 2.31. The highest BCUT2D eigenvalue weighted by molar-refractivity contribution is 7.12. The largest absolute Gasteiger partial charge is 0.308 e. The van der Waals surface area contributed by atoms with Gasteiger partial charge < -0.3 is 5.32 Å². The number of fused-ring (bicyclic) bond motifs is 1. The maximum atomic E-state index is 13.9. The quantitative estimate of drug-likeness (QED) is 0.933. The van der Waals surface area contributed by atoms with Crippen LogP contribution < -0.4 is 5.32 Å². The van der Waals surface area contributed by atoms with E-state index in [1.54, 1.807) is 17.4 Å². The first-order valence-corrected chi connectivity index (χ1v) is 7.85. The van der Waals surface area contributed by atoms with Crippen LogP contribution >= 0.6 is 11.3 Å². The molecule has 0 fully saturated rings. The van der Waals surface area contributed by atoms with E-state index in [4.69, 9.17) is 4.98 Å². The van der Waals surface area contributed by atoms with Crippen LogP contribution in [0.4, 0.5) is 4.39 Å². The van der Waals surface area contributed by atoms with E-state index >= 15 is 0 Å². The molecule has 0 aliphatic heterocycles. The molecule has 3 rings (SSSR count). The highest BCUT2D eigenvalue weighted by Crippen LogP contribution is 2.35. The van der Waals surface area contributed by atoms with Gasteiger partial charge in [0.2, 0.25) is 0 Å². The summed E-state index contributed by atoms with van der Waals surface area (Å²) in [5.74, 6) is -0.141. The normalized spacial score (nSPS) is 16.9. The molecule has 1 aromatic heterocycles. The molecule has 1 aliphatic carbocycles. The molecule has 1 N–H and O–H groups in total. The molecule has 106 valence electrons. The third-order valence-corrected chi connectivity index (χ3v) is 5.54. The van der Waals surface area contributed by atoms with Gasteiger partial charge in [0.1, 0.15) is 10.8 Å². The Bertz CT molecular complexity index is 601. The molecule has 0 saturated carbocycles. The van der Waals surface area contributed by atoms with Gasteiger partial charge in [-0.05, 0) is 51.3 Å². The molecule has 0 bridgehead atoms. The topological polar surface area (TPSA) is 24.9 Å². The summed E-state index contributed by atoms with van der Waals surface area (Å²) in [6, 6.07) is 6.99. The number of aryl methyl sites for hydroxylation is 2. The second-order valence-electron chi connectivity index (χ2n) is 5.59. The average Bonchev–Trinajstić information content (AvgIpc) is 3.02. The average molecular weight is 290 g/mol. The van der Waals surface area contributed by atoms with Gasteiger partial charge >= 0.3 is 0 Å². The van der Waals surface area contributed by atoms with Crippen molar-refractivity contribution in [1.29, 1.82) is 0 Å². The second kappa shape index (κ2) is 5.26. The molecular weight excluding hydrogens is 271 g/mol. The summed E-state index contributed by atoms with van der Waals surface area (Å²) in [6.07, 6.45) is 4.07. The van der Waals surface area contributed by atoms with Crippen molar-refractivity contribution in [3.63, 3.8) is 0 Å². The summed E-state index contributed by atoms with van der Waals surface area (Å²) in [7, 11) is 1.92. The Labute approximate surface area is 123 Å². The Hall–Kier alpha value is -1.26. The summed E-state index contributed by atoms with van der Waals surface area (Å²) in [4.78, 5) is 6.21. The van der Waals surface area contributed by atoms with Crippen LogP contribution in [0.5, 0.6) is 0 Å². The predicted molar refractivity (Wildman–Crippen MR) is 80.7 cm³/mol. The molecule has 1 aromatic carbocycles. The number of benzene rings is 1. The number of aromatic nitrogens is 1. The van der Waals surface area contributed by atoms with Gasteiger partial charge in [-0.1, -0.05) is 18.2 Å². The minimum atomic E-state index is -0.308. The smallest absolute Gasteiger partial charge is 0.126 e. The Morgan fingerprint density at radius 2 is 2.15 bits per heavy atom. The van der Waals surface area contributed by atoms with Crippen molar-refractivity contribution in [3.8, 4) is 0 Å². The van der Waals surface area contributed by atoms with E-state index in [0.29, 0.717) is 6.42 Å². The monoisotopic (exact) mass is 290 g/mol. The van der Waals surface area contributed by atoms with Crippen LogP contribution in [0.3, 0.4) is 0 Å². The number of halogens is 1. The number of nitrogens with zero attached hydrogens (tertiary/aromatic N) is 1. The first-order chi connectivity index (χ1) is 9.62. The van der Waals surface area contributed by atoms with Crippen molar-refractivity contribution in [3.05, 3.63) is 51.2 Å². The van der Waals surface area contributed by atoms with E-state index in [1.807, 2.05) is 19.2 Å². The van der Waals surface area contributed by atoms with E-state index < -0.39 is 0 Å². The lowest BCUT2D eigenvalue weighted by Crippen LogP contribution is -2.39. The van der Waals surface area contributed by atoms with Crippen molar-refractivity contribution in [2.24, 2.45) is 0 Å². The molecular formula is C16H19FN2S. The number of rotatable bonds is 4. The van der Waals surface area contributed by atoms with Crippen molar-refractivity contribution in [2.45, 2.75) is 38.1 Å². The zero-order valence-corrected chi connectivity index (χ0v) is 12.7. The minimum absolute atomic E-state index is 0.141. The summed E-state index contributed by atoms with van der Waals surface area (Å²) in [5.41, 5.74) is 1.68. The van der Waals surface area contributed by atoms with Gasteiger partial charge in [-0.3, -0.25) is 0 Å². The summed E-state index contributed by atoms with van der Waals surface area (Å²) in [6.45, 7) is 2.10. The molecule has 0 radical (unpaired) electrons. The number of thiazole rings is 1. The second-order valence-corrected chi connectivity index (χ2v) is 6.68. The number of likely N-dealkylation sites (N-methyl/N-ethyl adjacent to an activating group) is 1. The standard InChI is InChI=1S/C16H19FN2S/c1-16(18-2,10-11-6-3-4-7-12(11)17)15-19-13-8-5-9-14(13)20-15/h3-4,6-7,18H,5,8-10H2,1-2H3. The predicted octanol–water partition coefficient (Wildman–Crippen LogP) is 3.45. The first-order valence-electron chi connectivity index (χ1n) is 7.04. The lowest BCUT2D eigenvalue weighted by Gasteiger charge is -2.27. The maximum Gasteiger partial charge on any atom is 0.126 e. The number of hydrogen-bond acceptors (Lipinski definition) is 3. The molecule has 1 atom stereocenters. The molecule has 0 saturated heterocycles. The summed E-state index contributed by atoms with van der Waals surface area (Å²) < 4.78 is 13.9. The minimum Gasteiger partial charge on any atom is -0.308 e. The van der Waals surface area contributed by atoms with Crippen LogP contribution in [0.2, 0.25) is 0 Å². The fourth-order valence-electron chi connectivity index (χ4n) is 2.72. The van der Waals surface area contributed by atoms with Gasteiger partial charge in [0.25, 0.3) is 0 Å². The number of nitrogens with one attached hydrogen (secondary N) is 1. The van der Waals surface area contributed by atoms with Gasteiger partial charge in [-0.15, -0.1) is 11.3 Å². The number of hydrogen-bond donors (Lipinski definition) is 1.